The molecule has 6 heteroatoms. The van der Waals surface area contributed by atoms with Crippen LogP contribution in [0.3, 0.4) is 0 Å². The van der Waals surface area contributed by atoms with Crippen LogP contribution in [0.15, 0.2) is 103 Å². The summed E-state index contributed by atoms with van der Waals surface area (Å²) in [5, 5.41) is 1.99. The monoisotopic (exact) mass is 540 g/mol. The lowest BCUT2D eigenvalue weighted by molar-refractivity contribution is 0.310. The minimum absolute atomic E-state index is 0.633. The third-order valence-electron chi connectivity index (χ3n) is 6.73. The average Bonchev–Trinajstić information content (AvgIpc) is 2.93. The smallest absolute Gasteiger partial charge is 0.577 e. The molecule has 0 fully saturated rings. The number of aromatic nitrogens is 2. The predicted octanol–water partition coefficient (Wildman–Crippen LogP) is 8.21. The van der Waals surface area contributed by atoms with Gasteiger partial charge in [-0.15, -0.1) is 0 Å². The van der Waals surface area contributed by atoms with Crippen LogP contribution in [0.2, 0.25) is 0 Å². The number of para-hydroxylation sites is 2. The molecule has 2 heterocycles. The van der Waals surface area contributed by atoms with Crippen molar-refractivity contribution in [1.82, 2.24) is 9.97 Å². The Bertz CT molecular complexity index is 1730. The Morgan fingerprint density at radius 3 is 1.55 bits per heavy atom. The van der Waals surface area contributed by atoms with Crippen LogP contribution in [0.1, 0.15) is 22.5 Å². The van der Waals surface area contributed by atoms with Gasteiger partial charge in [0, 0.05) is 22.2 Å². The van der Waals surface area contributed by atoms with Gasteiger partial charge < -0.3 is 11.4 Å². The van der Waals surface area contributed by atoms with Gasteiger partial charge in [-0.25, -0.2) is 9.97 Å². The van der Waals surface area contributed by atoms with Crippen LogP contribution in [-0.4, -0.2) is 25.1 Å². The van der Waals surface area contributed by atoms with Crippen molar-refractivity contribution in [2.24, 2.45) is 0 Å². The van der Waals surface area contributed by atoms with E-state index in [1.54, 1.807) is 0 Å². The number of hydrogen-bond acceptors (Lipinski definition) is 5. The Kier molecular flexibility index (Phi) is 7.13. The molecule has 0 aliphatic carbocycles. The zero-order chi connectivity index (χ0) is 27.6. The number of aryl methyl sites for hydroxylation is 4. The van der Waals surface area contributed by atoms with Crippen LogP contribution in [0.5, 0.6) is 17.2 Å². The molecule has 0 bridgehead atoms. The first-order valence-corrected chi connectivity index (χ1v) is 14.7. The molecule has 0 aliphatic rings. The van der Waals surface area contributed by atoms with Gasteiger partial charge in [0.05, 0.1) is 5.75 Å². The number of rotatable bonds is 7. The van der Waals surface area contributed by atoms with E-state index in [1.165, 1.54) is 16.7 Å². The molecule has 0 spiro atoms. The lowest BCUT2D eigenvalue weighted by Crippen LogP contribution is -2.37. The zero-order valence-electron chi connectivity index (χ0n) is 23.0. The van der Waals surface area contributed by atoms with Gasteiger partial charge in [-0.1, -0.05) is 77.9 Å². The van der Waals surface area contributed by atoms with Gasteiger partial charge in [0.1, 0.15) is 22.5 Å². The predicted molar refractivity (Wildman–Crippen MR) is 162 cm³/mol. The summed E-state index contributed by atoms with van der Waals surface area (Å²) >= 11 is -2.85. The number of nitrogens with zero attached hydrogens (tertiary/aromatic N) is 2. The minimum atomic E-state index is -2.85. The Morgan fingerprint density at radius 2 is 1.02 bits per heavy atom. The van der Waals surface area contributed by atoms with Crippen LogP contribution in [-0.2, 0) is 0 Å². The van der Waals surface area contributed by atoms with Gasteiger partial charge in [-0.2, -0.15) is 0 Å². The van der Waals surface area contributed by atoms with Crippen LogP contribution in [0.25, 0.3) is 32.9 Å². The quantitative estimate of drug-likeness (QED) is 0.191. The average molecular weight is 541 g/mol. The summed E-state index contributed by atoms with van der Waals surface area (Å²) in [7, 11) is 0. The van der Waals surface area contributed by atoms with Crippen molar-refractivity contribution < 1.29 is 11.4 Å². The Balaban J connectivity index is 1.35. The van der Waals surface area contributed by atoms with Gasteiger partial charge in [0.25, 0.3) is 0 Å². The molecule has 40 heavy (non-hydrogen) atoms. The molecule has 2 aromatic heterocycles. The third kappa shape index (κ3) is 5.65. The Labute approximate surface area is 239 Å². The highest BCUT2D eigenvalue weighted by Crippen LogP contribution is 2.30. The molecule has 5 nitrogen and oxygen atoms in total. The first kappa shape index (κ1) is 25.9. The van der Waals surface area contributed by atoms with Gasteiger partial charge in [0.15, 0.2) is 0 Å². The van der Waals surface area contributed by atoms with E-state index in [1.807, 2.05) is 86.6 Å². The lowest BCUT2D eigenvalue weighted by atomic mass is 10.0. The molecule has 0 amide bonds. The zero-order valence-corrected chi connectivity index (χ0v) is 24.2. The topological polar surface area (TPSA) is 53.5 Å². The normalized spacial score (nSPS) is 11.0. The maximum atomic E-state index is 6.52. The molecule has 196 valence electrons. The van der Waals surface area contributed by atoms with E-state index in [4.69, 9.17) is 21.3 Å². The first-order chi connectivity index (χ1) is 19.4. The van der Waals surface area contributed by atoms with E-state index < -0.39 is 15.1 Å². The summed E-state index contributed by atoms with van der Waals surface area (Å²) < 4.78 is 19.5. The van der Waals surface area contributed by atoms with E-state index in [0.29, 0.717) is 17.2 Å². The van der Waals surface area contributed by atoms with E-state index in [-0.39, 0.29) is 0 Å². The second-order valence-corrected chi connectivity index (χ2v) is 11.4. The first-order valence-electron chi connectivity index (χ1n) is 13.3. The molecule has 0 atom stereocenters. The second kappa shape index (κ2) is 11.0. The van der Waals surface area contributed by atoms with Crippen molar-refractivity contribution in [1.29, 1.82) is 0 Å². The van der Waals surface area contributed by atoms with Crippen molar-refractivity contribution in [3.8, 4) is 28.4 Å². The SMILES string of the molecule is Cc1cc(C)cc(-c2ccc([O][Al]([O]c3cccc4ccc(C)nc34)[O]c3cccc4ccc(C)nc34)cc2)c1. The number of hydrogen-bond donors (Lipinski definition) is 0. The van der Waals surface area contributed by atoms with Crippen molar-refractivity contribution in [2.45, 2.75) is 27.7 Å². The van der Waals surface area contributed by atoms with Crippen LogP contribution < -0.4 is 11.4 Å². The fourth-order valence-electron chi connectivity index (χ4n) is 4.88. The summed E-state index contributed by atoms with van der Waals surface area (Å²) in [6.45, 7) is 8.18. The van der Waals surface area contributed by atoms with Crippen molar-refractivity contribution in [3.05, 3.63) is 126 Å². The molecule has 6 rings (SSSR count). The van der Waals surface area contributed by atoms with Crippen LogP contribution in [0.4, 0.5) is 0 Å². The standard InChI is InChI=1S/C14H14O.2C10H9NO.Al/c1-10-7-11(2)9-13(8-10)12-3-5-14(15)6-4-12;2*1-7-5-6-8-3-2-4-9(12)10(8)11-7;/h3-9,15H,1-2H3;2*2-6,12H,1H3;/q;;;+3/p-3. The van der Waals surface area contributed by atoms with Gasteiger partial charge >= 0.3 is 15.1 Å². The highest BCUT2D eigenvalue weighted by Gasteiger charge is 2.45. The molecule has 0 saturated carbocycles. The molecule has 0 radical (unpaired) electrons. The number of benzene rings is 4. The maximum Gasteiger partial charge on any atom is 1.20 e. The van der Waals surface area contributed by atoms with Crippen molar-refractivity contribution >= 4 is 37.0 Å². The summed E-state index contributed by atoms with van der Waals surface area (Å²) in [6, 6.07) is 34.5. The van der Waals surface area contributed by atoms with E-state index in [2.05, 4.69) is 44.2 Å². The summed E-state index contributed by atoms with van der Waals surface area (Å²) in [5.74, 6) is 1.95. The largest absolute Gasteiger partial charge is 1.20 e. The fourth-order valence-corrected chi connectivity index (χ4v) is 6.20. The van der Waals surface area contributed by atoms with Crippen LogP contribution >= 0.6 is 0 Å². The third-order valence-corrected chi connectivity index (χ3v) is 8.09. The highest BCUT2D eigenvalue weighted by molar-refractivity contribution is 6.40. The van der Waals surface area contributed by atoms with E-state index in [0.717, 1.165) is 38.8 Å². The minimum Gasteiger partial charge on any atom is -0.577 e. The molecular weight excluding hydrogens is 511 g/mol. The molecule has 0 unspecified atom stereocenters. The molecule has 4 aromatic carbocycles. The summed E-state index contributed by atoms with van der Waals surface area (Å²) in [6.07, 6.45) is 0. The van der Waals surface area contributed by atoms with Gasteiger partial charge in [-0.05, 0) is 75.2 Å². The highest BCUT2D eigenvalue weighted by atomic mass is 27.3. The molecule has 0 N–H and O–H groups in total. The number of fused-ring (bicyclic) bond motifs is 2. The fraction of sp³-hybridized carbons (Fsp3) is 0.118. The second-order valence-electron chi connectivity index (χ2n) is 10.1. The molecular formula is C34H29AlN2O3. The summed E-state index contributed by atoms with van der Waals surface area (Å²) in [5.41, 5.74) is 8.18. The molecule has 6 aromatic rings. The van der Waals surface area contributed by atoms with Crippen LogP contribution in [0, 0.1) is 27.7 Å². The van der Waals surface area contributed by atoms with E-state index >= 15 is 0 Å². The van der Waals surface area contributed by atoms with Gasteiger partial charge in [-0.3, -0.25) is 0 Å². The Morgan fingerprint density at radius 1 is 0.500 bits per heavy atom. The number of pyridine rings is 2. The van der Waals surface area contributed by atoms with Gasteiger partial charge in [0.2, 0.25) is 0 Å². The summed E-state index contributed by atoms with van der Waals surface area (Å²) in [4.78, 5) is 9.47. The van der Waals surface area contributed by atoms with E-state index in [9.17, 15) is 0 Å². The Hall–Kier alpha value is -4.37. The van der Waals surface area contributed by atoms with Crippen molar-refractivity contribution in [2.75, 3.05) is 0 Å². The molecule has 0 aliphatic heterocycles. The lowest BCUT2D eigenvalue weighted by Gasteiger charge is -2.18. The molecule has 0 saturated heterocycles. The van der Waals surface area contributed by atoms with Crippen molar-refractivity contribution in [3.63, 3.8) is 0 Å². The maximum absolute atomic E-state index is 6.52.